The molecule has 0 aliphatic carbocycles. The Morgan fingerprint density at radius 1 is 0.914 bits per heavy atom. The monoisotopic (exact) mass is 475 g/mol. The molecule has 4 aromatic carbocycles. The zero-order valence-electron chi connectivity index (χ0n) is 19.3. The number of benzene rings is 4. The predicted molar refractivity (Wildman–Crippen MR) is 144 cm³/mol. The Hall–Kier alpha value is -3.80. The molecule has 0 atom stereocenters. The number of rotatable bonds is 5. The van der Waals surface area contributed by atoms with Gasteiger partial charge in [-0.05, 0) is 64.6 Å². The van der Waals surface area contributed by atoms with Crippen LogP contribution in [0.2, 0.25) is 0 Å². The highest BCUT2D eigenvalue weighted by atomic mass is 32.1. The van der Waals surface area contributed by atoms with Crippen LogP contribution in [0.4, 0.5) is 5.69 Å². The summed E-state index contributed by atoms with van der Waals surface area (Å²) in [5.74, 6) is -0.107. The summed E-state index contributed by atoms with van der Waals surface area (Å²) in [5, 5.41) is 3.06. The molecule has 1 amide bonds. The number of anilines is 1. The number of aromatic nitrogens is 1. The molecule has 5 aromatic rings. The van der Waals surface area contributed by atoms with Crippen molar-refractivity contribution in [2.24, 2.45) is 0 Å². The molecule has 0 radical (unpaired) electrons. The highest BCUT2D eigenvalue weighted by Crippen LogP contribution is 2.29. The summed E-state index contributed by atoms with van der Waals surface area (Å²) in [6, 6.07) is 31.0. The maximum absolute atomic E-state index is 13.2. The van der Waals surface area contributed by atoms with Gasteiger partial charge in [-0.3, -0.25) is 9.69 Å². The molecule has 2 heterocycles. The molecule has 6 rings (SSSR count). The molecule has 1 aliphatic heterocycles. The molecule has 1 N–H and O–H groups in total. The van der Waals surface area contributed by atoms with Gasteiger partial charge in [0, 0.05) is 30.9 Å². The van der Waals surface area contributed by atoms with Gasteiger partial charge in [-0.25, -0.2) is 4.98 Å². The Morgan fingerprint density at radius 2 is 1.74 bits per heavy atom. The lowest BCUT2D eigenvalue weighted by Crippen LogP contribution is -2.30. The van der Waals surface area contributed by atoms with Crippen molar-refractivity contribution >= 4 is 33.1 Å². The normalized spacial score (nSPS) is 13.5. The van der Waals surface area contributed by atoms with Crippen LogP contribution in [-0.2, 0) is 19.5 Å². The Balaban J connectivity index is 1.29. The van der Waals surface area contributed by atoms with Crippen LogP contribution in [0.3, 0.4) is 0 Å². The minimum Gasteiger partial charge on any atom is -0.322 e. The summed E-state index contributed by atoms with van der Waals surface area (Å²) >= 11 is 1.60. The summed E-state index contributed by atoms with van der Waals surface area (Å²) < 4.78 is 1.11. The molecule has 0 saturated heterocycles. The van der Waals surface area contributed by atoms with Crippen molar-refractivity contribution in [1.82, 2.24) is 9.88 Å². The Labute approximate surface area is 208 Å². The third-order valence-corrected chi connectivity index (χ3v) is 7.45. The van der Waals surface area contributed by atoms with E-state index in [-0.39, 0.29) is 5.91 Å². The number of thiazole rings is 1. The van der Waals surface area contributed by atoms with Crippen molar-refractivity contribution in [3.63, 3.8) is 0 Å². The number of hydrogen-bond donors (Lipinski definition) is 1. The van der Waals surface area contributed by atoms with Crippen LogP contribution in [0.25, 0.3) is 21.3 Å². The number of fused-ring (bicyclic) bond motifs is 2. The van der Waals surface area contributed by atoms with Gasteiger partial charge in [0.25, 0.3) is 5.91 Å². The second-order valence-electron chi connectivity index (χ2n) is 8.96. The number of carbonyl (C=O) groups is 1. The first kappa shape index (κ1) is 21.7. The van der Waals surface area contributed by atoms with Crippen molar-refractivity contribution in [3.8, 4) is 11.1 Å². The number of nitrogens with one attached hydrogen (secondary N) is 1. The lowest BCUT2D eigenvalue weighted by molar-refractivity contribution is 0.102. The van der Waals surface area contributed by atoms with Gasteiger partial charge in [-0.15, -0.1) is 11.3 Å². The van der Waals surface area contributed by atoms with E-state index < -0.39 is 0 Å². The molecule has 1 aromatic heterocycles. The van der Waals surface area contributed by atoms with E-state index in [1.807, 2.05) is 35.8 Å². The first-order chi connectivity index (χ1) is 17.2. The fourth-order valence-electron chi connectivity index (χ4n) is 4.83. The van der Waals surface area contributed by atoms with Crippen molar-refractivity contribution in [2.45, 2.75) is 19.5 Å². The number of carbonyl (C=O) groups excluding carboxylic acids is 1. The SMILES string of the molecule is O=C(Nc1ccc2scnc2c1)c1ccc(-c2ccccc2)c(CN2CCc3ccccc3C2)c1. The molecule has 0 fully saturated rings. The smallest absolute Gasteiger partial charge is 0.255 e. The van der Waals surface area contributed by atoms with E-state index in [4.69, 9.17) is 0 Å². The second kappa shape index (κ2) is 9.45. The summed E-state index contributed by atoms with van der Waals surface area (Å²) in [6.45, 7) is 2.73. The van der Waals surface area contributed by atoms with Crippen LogP contribution in [0.15, 0.2) is 96.5 Å². The molecule has 0 unspecified atom stereocenters. The fourth-order valence-corrected chi connectivity index (χ4v) is 5.49. The molecule has 5 heteroatoms. The third-order valence-electron chi connectivity index (χ3n) is 6.64. The van der Waals surface area contributed by atoms with E-state index in [9.17, 15) is 4.79 Å². The highest BCUT2D eigenvalue weighted by molar-refractivity contribution is 7.16. The molecule has 0 spiro atoms. The van der Waals surface area contributed by atoms with Crippen LogP contribution in [0, 0.1) is 0 Å². The van der Waals surface area contributed by atoms with Crippen LogP contribution in [-0.4, -0.2) is 22.3 Å². The highest BCUT2D eigenvalue weighted by Gasteiger charge is 2.19. The van der Waals surface area contributed by atoms with E-state index in [0.29, 0.717) is 5.56 Å². The first-order valence-electron chi connectivity index (χ1n) is 11.8. The van der Waals surface area contributed by atoms with E-state index in [1.165, 1.54) is 22.3 Å². The van der Waals surface area contributed by atoms with Crippen molar-refractivity contribution < 1.29 is 4.79 Å². The van der Waals surface area contributed by atoms with Gasteiger partial charge < -0.3 is 5.32 Å². The lowest BCUT2D eigenvalue weighted by atomic mass is 9.95. The van der Waals surface area contributed by atoms with Gasteiger partial charge in [0.05, 0.1) is 15.7 Å². The van der Waals surface area contributed by atoms with Crippen LogP contribution >= 0.6 is 11.3 Å². The third kappa shape index (κ3) is 4.61. The number of hydrogen-bond acceptors (Lipinski definition) is 4. The van der Waals surface area contributed by atoms with Gasteiger partial charge in [0.15, 0.2) is 0 Å². The molecule has 172 valence electrons. The summed E-state index contributed by atoms with van der Waals surface area (Å²) in [5.41, 5.74) is 10.5. The van der Waals surface area contributed by atoms with E-state index >= 15 is 0 Å². The molecule has 35 heavy (non-hydrogen) atoms. The van der Waals surface area contributed by atoms with E-state index in [0.717, 1.165) is 47.5 Å². The van der Waals surface area contributed by atoms with E-state index in [2.05, 4.69) is 75.9 Å². The number of amides is 1. The molecule has 1 aliphatic rings. The Morgan fingerprint density at radius 3 is 2.63 bits per heavy atom. The van der Waals surface area contributed by atoms with Crippen molar-refractivity contribution in [2.75, 3.05) is 11.9 Å². The van der Waals surface area contributed by atoms with Crippen LogP contribution in [0.1, 0.15) is 27.0 Å². The maximum atomic E-state index is 13.2. The van der Waals surface area contributed by atoms with Gasteiger partial charge in [0.2, 0.25) is 0 Å². The zero-order valence-corrected chi connectivity index (χ0v) is 20.1. The largest absolute Gasteiger partial charge is 0.322 e. The molecule has 0 bridgehead atoms. The van der Waals surface area contributed by atoms with E-state index in [1.54, 1.807) is 11.3 Å². The molecule has 0 saturated carbocycles. The average molecular weight is 476 g/mol. The maximum Gasteiger partial charge on any atom is 0.255 e. The summed E-state index contributed by atoms with van der Waals surface area (Å²) in [4.78, 5) is 20.0. The van der Waals surface area contributed by atoms with Gasteiger partial charge in [0.1, 0.15) is 0 Å². The first-order valence-corrected chi connectivity index (χ1v) is 12.7. The quantitative estimate of drug-likeness (QED) is 0.305. The van der Waals surface area contributed by atoms with Crippen molar-refractivity contribution in [1.29, 1.82) is 0 Å². The molecule has 4 nitrogen and oxygen atoms in total. The van der Waals surface area contributed by atoms with Gasteiger partial charge in [-0.1, -0.05) is 60.7 Å². The standard InChI is InChI=1S/C30H25N3OS/c34-30(32-26-11-13-29-28(17-26)31-20-35-29)23-10-12-27(22-7-2-1-3-8-22)25(16-23)19-33-15-14-21-6-4-5-9-24(21)18-33/h1-13,16-17,20H,14-15,18-19H2,(H,32,34). The van der Waals surface area contributed by atoms with Gasteiger partial charge in [-0.2, -0.15) is 0 Å². The Bertz CT molecular complexity index is 1510. The molecular formula is C30H25N3OS. The summed E-state index contributed by atoms with van der Waals surface area (Å²) in [6.07, 6.45) is 1.05. The van der Waals surface area contributed by atoms with Crippen molar-refractivity contribution in [3.05, 3.63) is 119 Å². The average Bonchev–Trinajstić information content (AvgIpc) is 3.37. The predicted octanol–water partition coefficient (Wildman–Crippen LogP) is 6.77. The topological polar surface area (TPSA) is 45.2 Å². The van der Waals surface area contributed by atoms with Gasteiger partial charge >= 0.3 is 0 Å². The zero-order chi connectivity index (χ0) is 23.6. The van der Waals surface area contributed by atoms with Crippen LogP contribution in [0.5, 0.6) is 0 Å². The lowest BCUT2D eigenvalue weighted by Gasteiger charge is -2.29. The minimum absolute atomic E-state index is 0.107. The van der Waals surface area contributed by atoms with Crippen LogP contribution < -0.4 is 5.32 Å². The summed E-state index contributed by atoms with van der Waals surface area (Å²) in [7, 11) is 0. The molecular weight excluding hydrogens is 450 g/mol. The number of nitrogens with zero attached hydrogens (tertiary/aromatic N) is 2. The second-order valence-corrected chi connectivity index (χ2v) is 9.84. The minimum atomic E-state index is -0.107. The fraction of sp³-hybridized carbons (Fsp3) is 0.133. The Kier molecular flexibility index (Phi) is 5.86.